The van der Waals surface area contributed by atoms with Crippen LogP contribution in [0, 0.1) is 40.4 Å². The summed E-state index contributed by atoms with van der Waals surface area (Å²) in [5.41, 5.74) is 1.69. The monoisotopic (exact) mass is 645 g/mol. The topological polar surface area (TPSA) is 117 Å². The number of nitriles is 1. The van der Waals surface area contributed by atoms with Crippen LogP contribution >= 0.6 is 0 Å². The van der Waals surface area contributed by atoms with Gasteiger partial charge >= 0.3 is 0 Å². The number of nitrogens with one attached hydrogen (secondary N) is 3. The van der Waals surface area contributed by atoms with Crippen molar-refractivity contribution in [3.8, 4) is 11.9 Å². The quantitative estimate of drug-likeness (QED) is 0.207. The number of methoxy groups -OCH3 is 1. The van der Waals surface area contributed by atoms with Crippen LogP contribution in [0.15, 0.2) is 24.5 Å². The molecule has 0 spiro atoms. The van der Waals surface area contributed by atoms with Crippen LogP contribution in [0.5, 0.6) is 5.88 Å². The van der Waals surface area contributed by atoms with Crippen molar-refractivity contribution >= 4 is 20.1 Å². The molecule has 0 saturated heterocycles. The second-order valence-electron chi connectivity index (χ2n) is 16.4. The Morgan fingerprint density at radius 1 is 1.04 bits per heavy atom. The Hall–Kier alpha value is -2.74. The van der Waals surface area contributed by atoms with E-state index in [4.69, 9.17) is 14.1 Å². The molecule has 2 heterocycles. The molecule has 2 aromatic rings. The van der Waals surface area contributed by atoms with E-state index in [9.17, 15) is 5.26 Å². The summed E-state index contributed by atoms with van der Waals surface area (Å²) in [6.45, 7) is 14.3. The molecule has 5 aliphatic carbocycles. The SMILES string of the molecule is COc1ncccc1CNc1ncc(C#N)c(NCC23CC4C[C@H](C2)C(NCC2CCC(O[Si](C)(C)C(C)(C)C)CC2)[C@@H](C4)C3)n1. The molecule has 3 N–H and O–H groups in total. The minimum atomic E-state index is -1.69. The van der Waals surface area contributed by atoms with Gasteiger partial charge in [0.2, 0.25) is 11.8 Å². The van der Waals surface area contributed by atoms with E-state index >= 15 is 0 Å². The molecular formula is C36H55N7O2Si. The highest BCUT2D eigenvalue weighted by Crippen LogP contribution is 2.60. The smallest absolute Gasteiger partial charge is 0.224 e. The Morgan fingerprint density at radius 3 is 2.46 bits per heavy atom. The second-order valence-corrected chi connectivity index (χ2v) is 21.1. The van der Waals surface area contributed by atoms with E-state index in [1.807, 2.05) is 12.1 Å². The predicted molar refractivity (Wildman–Crippen MR) is 185 cm³/mol. The zero-order valence-corrected chi connectivity index (χ0v) is 29.9. The Balaban J connectivity index is 1.01. The lowest BCUT2D eigenvalue weighted by molar-refractivity contribution is -0.0704. The summed E-state index contributed by atoms with van der Waals surface area (Å²) in [6.07, 6.45) is 15.3. The first-order valence-electron chi connectivity index (χ1n) is 17.6. The average Bonchev–Trinajstić information content (AvgIpc) is 3.02. The normalized spacial score (nSPS) is 30.5. The standard InChI is InChI=1S/C36H55N7O2Si/c1-35(2,3)46(5,6)45-30-11-9-24(10-12-30)20-39-31-27-14-25-15-28(31)18-36(16-25,17-27)23-42-32-29(19-37)22-41-34(43-32)40-21-26-8-7-13-38-33(26)44-4/h7-8,13,22,24-25,27-28,30-31,39H,9-12,14-18,20-21,23H2,1-6H3,(H2,40,41,42,43)/t24?,25?,27-,28+,30?,31?,36?. The van der Waals surface area contributed by atoms with Crippen molar-refractivity contribution in [2.24, 2.45) is 29.1 Å². The minimum absolute atomic E-state index is 0.278. The lowest BCUT2D eigenvalue weighted by atomic mass is 9.48. The molecule has 3 unspecified atom stereocenters. The van der Waals surface area contributed by atoms with E-state index in [2.05, 4.69) is 65.9 Å². The Bertz CT molecular complexity index is 1380. The fraction of sp³-hybridized carbons (Fsp3) is 0.722. The molecule has 0 aliphatic heterocycles. The Kier molecular flexibility index (Phi) is 9.66. The second kappa shape index (κ2) is 13.4. The fourth-order valence-corrected chi connectivity index (χ4v) is 10.4. The van der Waals surface area contributed by atoms with E-state index in [0.717, 1.165) is 42.3 Å². The van der Waals surface area contributed by atoms with Crippen LogP contribution in [0.4, 0.5) is 11.8 Å². The third-order valence-electron chi connectivity index (χ3n) is 12.1. The van der Waals surface area contributed by atoms with Crippen molar-refractivity contribution in [1.29, 1.82) is 5.26 Å². The van der Waals surface area contributed by atoms with Gasteiger partial charge in [-0.1, -0.05) is 26.8 Å². The number of hydrogen-bond acceptors (Lipinski definition) is 9. The maximum absolute atomic E-state index is 9.81. The summed E-state index contributed by atoms with van der Waals surface area (Å²) in [7, 11) is -0.0773. The molecule has 5 saturated carbocycles. The van der Waals surface area contributed by atoms with Gasteiger partial charge in [0.1, 0.15) is 17.5 Å². The van der Waals surface area contributed by atoms with Gasteiger partial charge in [0.25, 0.3) is 0 Å². The van der Waals surface area contributed by atoms with Crippen molar-refractivity contribution in [1.82, 2.24) is 20.3 Å². The highest BCUT2D eigenvalue weighted by molar-refractivity contribution is 6.74. The molecule has 0 amide bonds. The minimum Gasteiger partial charge on any atom is -0.481 e. The molecule has 5 atom stereocenters. The van der Waals surface area contributed by atoms with Gasteiger partial charge in [0.15, 0.2) is 8.32 Å². The molecular weight excluding hydrogens is 591 g/mol. The van der Waals surface area contributed by atoms with Crippen molar-refractivity contribution in [2.75, 3.05) is 30.8 Å². The first-order valence-corrected chi connectivity index (χ1v) is 20.5. The molecule has 5 fully saturated rings. The number of aromatic nitrogens is 3. The van der Waals surface area contributed by atoms with Gasteiger partial charge in [0, 0.05) is 37.0 Å². The van der Waals surface area contributed by atoms with E-state index in [-0.39, 0.29) is 10.5 Å². The molecule has 7 rings (SSSR count). The summed E-state index contributed by atoms with van der Waals surface area (Å²) in [5, 5.41) is 21.1. The van der Waals surface area contributed by atoms with Crippen LogP contribution in [-0.2, 0) is 11.0 Å². The lowest BCUT2D eigenvalue weighted by Gasteiger charge is -2.60. The van der Waals surface area contributed by atoms with Gasteiger partial charge in [-0.25, -0.2) is 9.97 Å². The number of rotatable bonds is 12. The van der Waals surface area contributed by atoms with Gasteiger partial charge < -0.3 is 25.1 Å². The molecule has 10 heteroatoms. The number of anilines is 2. The maximum Gasteiger partial charge on any atom is 0.224 e. The summed E-state index contributed by atoms with van der Waals surface area (Å²) in [5.74, 6) is 4.79. The molecule has 250 valence electrons. The zero-order chi connectivity index (χ0) is 32.5. The van der Waals surface area contributed by atoms with Gasteiger partial charge in [-0.3, -0.25) is 0 Å². The summed E-state index contributed by atoms with van der Waals surface area (Å²) in [4.78, 5) is 13.4. The van der Waals surface area contributed by atoms with Gasteiger partial charge in [-0.05, 0) is 118 Å². The first-order chi connectivity index (χ1) is 22.0. The molecule has 0 aromatic carbocycles. The Morgan fingerprint density at radius 2 is 1.78 bits per heavy atom. The number of pyridine rings is 1. The van der Waals surface area contributed by atoms with Gasteiger partial charge in [0.05, 0.1) is 13.3 Å². The van der Waals surface area contributed by atoms with E-state index in [1.165, 1.54) is 57.8 Å². The summed E-state index contributed by atoms with van der Waals surface area (Å²) < 4.78 is 12.1. The van der Waals surface area contributed by atoms with Crippen LogP contribution in [0.3, 0.4) is 0 Å². The fourth-order valence-electron chi connectivity index (χ4n) is 8.96. The average molecular weight is 646 g/mol. The largest absolute Gasteiger partial charge is 0.481 e. The van der Waals surface area contributed by atoms with E-state index in [1.54, 1.807) is 19.5 Å². The van der Waals surface area contributed by atoms with Crippen LogP contribution in [0.25, 0.3) is 0 Å². The summed E-state index contributed by atoms with van der Waals surface area (Å²) >= 11 is 0. The molecule has 5 aliphatic rings. The first kappa shape index (κ1) is 33.2. The zero-order valence-electron chi connectivity index (χ0n) is 28.9. The van der Waals surface area contributed by atoms with Gasteiger partial charge in [-0.15, -0.1) is 0 Å². The molecule has 0 radical (unpaired) electrons. The maximum atomic E-state index is 9.81. The Labute approximate surface area is 277 Å². The summed E-state index contributed by atoms with van der Waals surface area (Å²) in [6, 6.07) is 6.79. The highest BCUT2D eigenvalue weighted by atomic mass is 28.4. The van der Waals surface area contributed by atoms with Gasteiger partial charge in [-0.2, -0.15) is 10.2 Å². The van der Waals surface area contributed by atoms with E-state index in [0.29, 0.717) is 41.9 Å². The van der Waals surface area contributed by atoms with Crippen LogP contribution in [0.2, 0.25) is 18.1 Å². The third-order valence-corrected chi connectivity index (χ3v) is 16.7. The molecule has 4 bridgehead atoms. The number of nitrogens with zero attached hydrogens (tertiary/aromatic N) is 4. The number of hydrogen-bond donors (Lipinski definition) is 3. The van der Waals surface area contributed by atoms with Crippen LogP contribution in [0.1, 0.15) is 89.7 Å². The third kappa shape index (κ3) is 7.22. The lowest BCUT2D eigenvalue weighted by Crippen LogP contribution is -2.60. The van der Waals surface area contributed by atoms with Crippen molar-refractivity contribution in [2.45, 2.75) is 115 Å². The molecule has 46 heavy (non-hydrogen) atoms. The highest BCUT2D eigenvalue weighted by Gasteiger charge is 2.55. The number of ether oxygens (including phenoxy) is 1. The van der Waals surface area contributed by atoms with Crippen molar-refractivity contribution in [3.05, 3.63) is 35.7 Å². The molecule has 9 nitrogen and oxygen atoms in total. The van der Waals surface area contributed by atoms with Crippen molar-refractivity contribution in [3.63, 3.8) is 0 Å². The van der Waals surface area contributed by atoms with E-state index < -0.39 is 8.32 Å². The van der Waals surface area contributed by atoms with Crippen LogP contribution in [-0.4, -0.2) is 55.6 Å². The van der Waals surface area contributed by atoms with Crippen molar-refractivity contribution < 1.29 is 9.16 Å². The predicted octanol–water partition coefficient (Wildman–Crippen LogP) is 7.14. The molecule has 2 aromatic heterocycles. The van der Waals surface area contributed by atoms with Crippen LogP contribution < -0.4 is 20.7 Å².